The monoisotopic (exact) mass is 245 g/mol. The summed E-state index contributed by atoms with van der Waals surface area (Å²) >= 11 is 0. The number of benzene rings is 1. The van der Waals surface area contributed by atoms with Gasteiger partial charge < -0.3 is 5.32 Å². The predicted molar refractivity (Wildman–Crippen MR) is 80.4 cm³/mol. The molecule has 100 valence electrons. The molecule has 1 heterocycles. The molecule has 0 aromatic heterocycles. The van der Waals surface area contributed by atoms with Crippen molar-refractivity contribution in [3.8, 4) is 0 Å². The lowest BCUT2D eigenvalue weighted by atomic mass is 9.80. The van der Waals surface area contributed by atoms with Crippen molar-refractivity contribution in [2.24, 2.45) is 5.92 Å². The summed E-state index contributed by atoms with van der Waals surface area (Å²) in [6.07, 6.45) is 2.44. The molecule has 2 unspecified atom stereocenters. The van der Waals surface area contributed by atoms with Crippen LogP contribution in [0.1, 0.15) is 64.5 Å². The van der Waals surface area contributed by atoms with Crippen LogP contribution < -0.4 is 5.32 Å². The Morgan fingerprint density at radius 1 is 1.33 bits per heavy atom. The van der Waals surface area contributed by atoms with E-state index in [-0.39, 0.29) is 5.41 Å². The summed E-state index contributed by atoms with van der Waals surface area (Å²) < 4.78 is 0. The van der Waals surface area contributed by atoms with Crippen molar-refractivity contribution in [3.63, 3.8) is 0 Å². The van der Waals surface area contributed by atoms with E-state index in [2.05, 4.69) is 58.1 Å². The van der Waals surface area contributed by atoms with Crippen LogP contribution in [-0.4, -0.2) is 6.54 Å². The quantitative estimate of drug-likeness (QED) is 0.793. The molecule has 18 heavy (non-hydrogen) atoms. The van der Waals surface area contributed by atoms with Crippen LogP contribution in [0.5, 0.6) is 0 Å². The van der Waals surface area contributed by atoms with Gasteiger partial charge in [0.25, 0.3) is 0 Å². The number of fused-ring (bicyclic) bond motifs is 1. The molecular formula is C17H27N. The van der Waals surface area contributed by atoms with Crippen molar-refractivity contribution in [1.82, 2.24) is 0 Å². The van der Waals surface area contributed by atoms with E-state index in [1.54, 1.807) is 0 Å². The Kier molecular flexibility index (Phi) is 3.70. The fraction of sp³-hybridized carbons (Fsp3) is 0.647. The molecule has 0 spiro atoms. The van der Waals surface area contributed by atoms with Crippen molar-refractivity contribution >= 4 is 5.69 Å². The molecule has 0 radical (unpaired) electrons. The first-order chi connectivity index (χ1) is 8.49. The molecule has 0 bridgehead atoms. The summed E-state index contributed by atoms with van der Waals surface area (Å²) in [5, 5.41) is 3.60. The summed E-state index contributed by atoms with van der Waals surface area (Å²) in [6, 6.07) is 7.07. The molecule has 0 saturated carbocycles. The topological polar surface area (TPSA) is 12.0 Å². The van der Waals surface area contributed by atoms with Gasteiger partial charge in [0, 0.05) is 18.2 Å². The Labute approximate surface area is 112 Å². The number of rotatable bonds is 4. The van der Waals surface area contributed by atoms with Crippen LogP contribution in [0.4, 0.5) is 5.69 Å². The van der Waals surface area contributed by atoms with E-state index in [9.17, 15) is 0 Å². The lowest BCUT2D eigenvalue weighted by Crippen LogP contribution is -2.15. The number of nitrogens with one attached hydrogen (secondary N) is 1. The molecule has 1 N–H and O–H groups in total. The zero-order chi connectivity index (χ0) is 13.3. The SMILES string of the molecule is CCC(C)C1CNc2cc(C(C)(C)CC)ccc21. The molecule has 0 aliphatic carbocycles. The summed E-state index contributed by atoms with van der Waals surface area (Å²) in [6.45, 7) is 12.7. The van der Waals surface area contributed by atoms with Gasteiger partial charge in [0.05, 0.1) is 0 Å². The highest BCUT2D eigenvalue weighted by Gasteiger charge is 2.28. The second-order valence-electron chi connectivity index (χ2n) is 6.41. The minimum Gasteiger partial charge on any atom is -0.384 e. The van der Waals surface area contributed by atoms with Crippen LogP contribution >= 0.6 is 0 Å². The average molecular weight is 245 g/mol. The molecule has 1 heteroatoms. The molecule has 0 saturated heterocycles. The van der Waals surface area contributed by atoms with E-state index in [0.717, 1.165) is 12.5 Å². The smallest absolute Gasteiger partial charge is 0.0379 e. The second kappa shape index (κ2) is 4.95. The molecule has 1 aliphatic heterocycles. The molecule has 1 aromatic carbocycles. The first kappa shape index (κ1) is 13.5. The minimum absolute atomic E-state index is 0.283. The number of anilines is 1. The Morgan fingerprint density at radius 3 is 2.67 bits per heavy atom. The maximum absolute atomic E-state index is 3.60. The van der Waals surface area contributed by atoms with Crippen LogP contribution in [-0.2, 0) is 5.41 Å². The molecule has 0 amide bonds. The van der Waals surface area contributed by atoms with Gasteiger partial charge >= 0.3 is 0 Å². The third-order valence-corrected chi connectivity index (χ3v) is 4.96. The fourth-order valence-electron chi connectivity index (χ4n) is 2.78. The predicted octanol–water partition coefficient (Wildman–Crippen LogP) is 4.93. The van der Waals surface area contributed by atoms with Crippen LogP contribution in [0.25, 0.3) is 0 Å². The van der Waals surface area contributed by atoms with Crippen molar-refractivity contribution in [2.45, 2.75) is 58.8 Å². The lowest BCUT2D eigenvalue weighted by Gasteiger charge is -2.24. The average Bonchev–Trinajstić information content (AvgIpc) is 2.80. The lowest BCUT2D eigenvalue weighted by molar-refractivity contribution is 0.472. The van der Waals surface area contributed by atoms with Gasteiger partial charge in [-0.05, 0) is 34.9 Å². The van der Waals surface area contributed by atoms with Gasteiger partial charge in [-0.15, -0.1) is 0 Å². The van der Waals surface area contributed by atoms with Crippen LogP contribution in [0.15, 0.2) is 18.2 Å². The van der Waals surface area contributed by atoms with E-state index < -0.39 is 0 Å². The third-order valence-electron chi connectivity index (χ3n) is 4.96. The maximum atomic E-state index is 3.60. The zero-order valence-electron chi connectivity index (χ0n) is 12.5. The van der Waals surface area contributed by atoms with Gasteiger partial charge in [0.2, 0.25) is 0 Å². The Bertz CT molecular complexity index is 420. The standard InChI is InChI=1S/C17H27N/c1-6-12(3)15-11-18-16-10-13(8-9-14(15)16)17(4,5)7-2/h8-10,12,15,18H,6-7,11H2,1-5H3. The molecule has 1 aromatic rings. The van der Waals surface area contributed by atoms with Gasteiger partial charge in [0.15, 0.2) is 0 Å². The highest BCUT2D eigenvalue weighted by atomic mass is 14.9. The van der Waals surface area contributed by atoms with Crippen LogP contribution in [0.2, 0.25) is 0 Å². The van der Waals surface area contributed by atoms with Gasteiger partial charge in [-0.25, -0.2) is 0 Å². The molecule has 1 aliphatic rings. The molecule has 1 nitrogen and oxygen atoms in total. The minimum atomic E-state index is 0.283. The van der Waals surface area contributed by atoms with E-state index in [1.165, 1.54) is 29.7 Å². The first-order valence-corrected chi connectivity index (χ1v) is 7.38. The van der Waals surface area contributed by atoms with E-state index in [1.807, 2.05) is 0 Å². The van der Waals surface area contributed by atoms with Gasteiger partial charge in [-0.1, -0.05) is 53.2 Å². The third kappa shape index (κ3) is 2.28. The normalized spacial score (nSPS) is 20.4. The molecule has 0 fully saturated rings. The summed E-state index contributed by atoms with van der Waals surface area (Å²) in [5.74, 6) is 1.47. The van der Waals surface area contributed by atoms with E-state index in [0.29, 0.717) is 5.92 Å². The van der Waals surface area contributed by atoms with Gasteiger partial charge in [0.1, 0.15) is 0 Å². The maximum Gasteiger partial charge on any atom is 0.0379 e. The molecule has 2 atom stereocenters. The fourth-order valence-corrected chi connectivity index (χ4v) is 2.78. The van der Waals surface area contributed by atoms with Gasteiger partial charge in [-0.3, -0.25) is 0 Å². The Hall–Kier alpha value is -0.980. The summed E-state index contributed by atoms with van der Waals surface area (Å²) in [4.78, 5) is 0. The highest BCUT2D eigenvalue weighted by molar-refractivity contribution is 5.60. The molecular weight excluding hydrogens is 218 g/mol. The zero-order valence-corrected chi connectivity index (χ0v) is 12.5. The summed E-state index contributed by atoms with van der Waals surface area (Å²) in [7, 11) is 0. The Balaban J connectivity index is 2.31. The van der Waals surface area contributed by atoms with E-state index in [4.69, 9.17) is 0 Å². The molecule has 2 rings (SSSR count). The van der Waals surface area contributed by atoms with Crippen molar-refractivity contribution in [1.29, 1.82) is 0 Å². The number of hydrogen-bond donors (Lipinski definition) is 1. The largest absolute Gasteiger partial charge is 0.384 e. The Morgan fingerprint density at radius 2 is 2.06 bits per heavy atom. The van der Waals surface area contributed by atoms with Crippen molar-refractivity contribution < 1.29 is 0 Å². The summed E-state index contributed by atoms with van der Waals surface area (Å²) in [5.41, 5.74) is 4.64. The highest BCUT2D eigenvalue weighted by Crippen LogP contribution is 2.40. The van der Waals surface area contributed by atoms with Crippen LogP contribution in [0.3, 0.4) is 0 Å². The van der Waals surface area contributed by atoms with E-state index >= 15 is 0 Å². The second-order valence-corrected chi connectivity index (χ2v) is 6.41. The van der Waals surface area contributed by atoms with Crippen molar-refractivity contribution in [3.05, 3.63) is 29.3 Å². The number of hydrogen-bond acceptors (Lipinski definition) is 1. The van der Waals surface area contributed by atoms with Gasteiger partial charge in [-0.2, -0.15) is 0 Å². The first-order valence-electron chi connectivity index (χ1n) is 7.38. The van der Waals surface area contributed by atoms with Crippen molar-refractivity contribution in [2.75, 3.05) is 11.9 Å². The van der Waals surface area contributed by atoms with Crippen LogP contribution in [0, 0.1) is 5.92 Å².